The fourth-order valence-corrected chi connectivity index (χ4v) is 3.72. The molecule has 0 saturated heterocycles. The Morgan fingerprint density at radius 1 is 0.806 bits per heavy atom. The summed E-state index contributed by atoms with van der Waals surface area (Å²) in [5.41, 5.74) is 3.35. The summed E-state index contributed by atoms with van der Waals surface area (Å²) in [7, 11) is 0. The minimum absolute atomic E-state index is 0.159. The van der Waals surface area contributed by atoms with Crippen molar-refractivity contribution in [2.75, 3.05) is 16.0 Å². The normalized spacial score (nSPS) is 11.0. The number of rotatable bonds is 6. The Balaban J connectivity index is 1.52. The zero-order valence-corrected chi connectivity index (χ0v) is 20.7. The average molecular weight is 484 g/mol. The van der Waals surface area contributed by atoms with Crippen molar-refractivity contribution in [1.82, 2.24) is 10.2 Å². The van der Waals surface area contributed by atoms with Gasteiger partial charge in [0.25, 0.3) is 0 Å². The van der Waals surface area contributed by atoms with E-state index in [-0.39, 0.29) is 11.3 Å². The number of nitrogens with zero attached hydrogens (tertiary/aromatic N) is 1. The van der Waals surface area contributed by atoms with Gasteiger partial charge < -0.3 is 15.4 Å². The Bertz CT molecular complexity index is 1360. The highest BCUT2D eigenvalue weighted by atomic mass is 16.5. The molecule has 184 valence electrons. The van der Waals surface area contributed by atoms with Gasteiger partial charge >= 0.3 is 6.03 Å². The largest absolute Gasteiger partial charge is 0.457 e. The maximum atomic E-state index is 12.9. The molecule has 3 amide bonds. The van der Waals surface area contributed by atoms with Gasteiger partial charge in [-0.05, 0) is 54.1 Å². The van der Waals surface area contributed by atoms with Crippen LogP contribution < -0.4 is 20.7 Å². The quantitative estimate of drug-likeness (QED) is 0.243. The Morgan fingerprint density at radius 2 is 1.50 bits per heavy atom. The Kier molecular flexibility index (Phi) is 7.05. The summed E-state index contributed by atoms with van der Waals surface area (Å²) in [5.74, 6) is 1.70. The highest BCUT2D eigenvalue weighted by Crippen LogP contribution is 2.37. The van der Waals surface area contributed by atoms with Crippen molar-refractivity contribution in [3.8, 4) is 22.6 Å². The van der Waals surface area contributed by atoms with Crippen LogP contribution in [0, 0.1) is 0 Å². The molecule has 1 heterocycles. The number of amides is 3. The molecule has 3 aromatic carbocycles. The van der Waals surface area contributed by atoms with Crippen molar-refractivity contribution in [3.63, 3.8) is 0 Å². The lowest BCUT2D eigenvalue weighted by Gasteiger charge is -2.18. The summed E-state index contributed by atoms with van der Waals surface area (Å²) in [6, 6.07) is 23.6. The number of H-pyrrole nitrogens is 1. The van der Waals surface area contributed by atoms with E-state index < -0.39 is 6.03 Å². The summed E-state index contributed by atoms with van der Waals surface area (Å²) >= 11 is 0. The van der Waals surface area contributed by atoms with Gasteiger partial charge in [-0.2, -0.15) is 5.10 Å². The van der Waals surface area contributed by atoms with Crippen LogP contribution >= 0.6 is 0 Å². The van der Waals surface area contributed by atoms with Crippen molar-refractivity contribution >= 4 is 29.1 Å². The van der Waals surface area contributed by atoms with E-state index in [0.29, 0.717) is 22.9 Å². The predicted octanol–water partition coefficient (Wildman–Crippen LogP) is 6.77. The first kappa shape index (κ1) is 24.5. The van der Waals surface area contributed by atoms with Gasteiger partial charge in [0.2, 0.25) is 5.91 Å². The third-order valence-electron chi connectivity index (χ3n) is 5.28. The molecule has 36 heavy (non-hydrogen) atoms. The van der Waals surface area contributed by atoms with E-state index in [0.717, 1.165) is 22.6 Å². The number of urea groups is 1. The second-order valence-electron chi connectivity index (χ2n) is 9.35. The third kappa shape index (κ3) is 6.09. The molecule has 0 saturated carbocycles. The number of benzene rings is 3. The van der Waals surface area contributed by atoms with Gasteiger partial charge in [0.1, 0.15) is 17.3 Å². The summed E-state index contributed by atoms with van der Waals surface area (Å²) in [6.07, 6.45) is 0. The SMILES string of the molecule is CC(=O)Nc1cccc(-c2c(C(C)(C)C)n[nH]c2NC(=O)Nc2ccc(Oc3ccccc3)cc2)c1. The molecule has 0 spiro atoms. The zero-order valence-electron chi connectivity index (χ0n) is 20.7. The molecule has 0 aliphatic carbocycles. The van der Waals surface area contributed by atoms with Crippen LogP contribution in [0.5, 0.6) is 11.5 Å². The lowest BCUT2D eigenvalue weighted by Crippen LogP contribution is -2.20. The maximum Gasteiger partial charge on any atom is 0.324 e. The number of carbonyl (C=O) groups excluding carboxylic acids is 2. The first-order chi connectivity index (χ1) is 17.2. The van der Waals surface area contributed by atoms with Crippen LogP contribution in [0.25, 0.3) is 11.1 Å². The standard InChI is InChI=1S/C28H29N5O3/c1-18(34)29-21-10-8-9-19(17-21)24-25(28(2,3)4)32-33-26(24)31-27(35)30-20-13-15-23(16-14-20)36-22-11-6-5-7-12-22/h5-17H,1-4H3,(H,29,34)(H3,30,31,32,33,35). The molecule has 1 aromatic heterocycles. The molecular weight excluding hydrogens is 454 g/mol. The first-order valence-corrected chi connectivity index (χ1v) is 11.6. The van der Waals surface area contributed by atoms with Crippen LogP contribution in [-0.4, -0.2) is 22.1 Å². The molecule has 0 aliphatic heterocycles. The lowest BCUT2D eigenvalue weighted by molar-refractivity contribution is -0.114. The number of anilines is 3. The van der Waals surface area contributed by atoms with E-state index in [1.54, 1.807) is 24.3 Å². The van der Waals surface area contributed by atoms with Crippen LogP contribution in [0.15, 0.2) is 78.9 Å². The number of aromatic nitrogens is 2. The van der Waals surface area contributed by atoms with E-state index in [4.69, 9.17) is 4.74 Å². The number of carbonyl (C=O) groups is 2. The average Bonchev–Trinajstić information content (AvgIpc) is 3.25. The van der Waals surface area contributed by atoms with E-state index in [1.165, 1.54) is 6.92 Å². The zero-order chi connectivity index (χ0) is 25.7. The molecule has 0 unspecified atom stereocenters. The van der Waals surface area contributed by atoms with Crippen LogP contribution in [0.2, 0.25) is 0 Å². The maximum absolute atomic E-state index is 12.9. The lowest BCUT2D eigenvalue weighted by atomic mass is 9.87. The van der Waals surface area contributed by atoms with Gasteiger partial charge in [0.05, 0.1) is 5.69 Å². The fourth-order valence-electron chi connectivity index (χ4n) is 3.72. The first-order valence-electron chi connectivity index (χ1n) is 11.6. The number of hydrogen-bond donors (Lipinski definition) is 4. The molecule has 0 atom stereocenters. The summed E-state index contributed by atoms with van der Waals surface area (Å²) in [4.78, 5) is 24.4. The van der Waals surface area contributed by atoms with E-state index >= 15 is 0 Å². The molecule has 0 fully saturated rings. The van der Waals surface area contributed by atoms with Gasteiger partial charge in [-0.25, -0.2) is 4.79 Å². The molecule has 4 N–H and O–H groups in total. The molecule has 0 aliphatic rings. The second kappa shape index (κ2) is 10.4. The van der Waals surface area contributed by atoms with Crippen LogP contribution in [0.4, 0.5) is 22.0 Å². The predicted molar refractivity (Wildman–Crippen MR) is 143 cm³/mol. The van der Waals surface area contributed by atoms with Crippen LogP contribution in [0.1, 0.15) is 33.4 Å². The number of hydrogen-bond acceptors (Lipinski definition) is 4. The fraction of sp³-hybridized carbons (Fsp3) is 0.179. The summed E-state index contributed by atoms with van der Waals surface area (Å²) < 4.78 is 5.80. The Morgan fingerprint density at radius 3 is 2.17 bits per heavy atom. The third-order valence-corrected chi connectivity index (χ3v) is 5.28. The van der Waals surface area contributed by atoms with Crippen molar-refractivity contribution < 1.29 is 14.3 Å². The number of para-hydroxylation sites is 1. The van der Waals surface area contributed by atoms with Crippen molar-refractivity contribution in [2.24, 2.45) is 0 Å². The molecule has 4 rings (SSSR count). The monoisotopic (exact) mass is 483 g/mol. The van der Waals surface area contributed by atoms with Gasteiger partial charge in [-0.15, -0.1) is 0 Å². The van der Waals surface area contributed by atoms with Gasteiger partial charge in [-0.3, -0.25) is 15.2 Å². The van der Waals surface area contributed by atoms with Crippen molar-refractivity contribution in [1.29, 1.82) is 0 Å². The van der Waals surface area contributed by atoms with E-state index in [2.05, 4.69) is 26.1 Å². The van der Waals surface area contributed by atoms with E-state index in [1.807, 2.05) is 75.4 Å². The van der Waals surface area contributed by atoms with Gasteiger partial charge in [-0.1, -0.05) is 51.1 Å². The van der Waals surface area contributed by atoms with E-state index in [9.17, 15) is 9.59 Å². The molecule has 0 radical (unpaired) electrons. The molecule has 8 heteroatoms. The van der Waals surface area contributed by atoms with Gasteiger partial charge in [0, 0.05) is 29.3 Å². The summed E-state index contributed by atoms with van der Waals surface area (Å²) in [6.45, 7) is 7.61. The molecule has 0 bridgehead atoms. The molecule has 4 aromatic rings. The minimum Gasteiger partial charge on any atom is -0.457 e. The number of ether oxygens (including phenoxy) is 1. The second-order valence-corrected chi connectivity index (χ2v) is 9.35. The van der Waals surface area contributed by atoms with Crippen LogP contribution in [-0.2, 0) is 10.2 Å². The van der Waals surface area contributed by atoms with Crippen LogP contribution in [0.3, 0.4) is 0 Å². The smallest absolute Gasteiger partial charge is 0.324 e. The van der Waals surface area contributed by atoms with Crippen molar-refractivity contribution in [3.05, 3.63) is 84.6 Å². The Hall–Kier alpha value is -4.59. The molecular formula is C28H29N5O3. The minimum atomic E-state index is -0.421. The van der Waals surface area contributed by atoms with Gasteiger partial charge in [0.15, 0.2) is 0 Å². The number of aromatic amines is 1. The number of nitrogens with one attached hydrogen (secondary N) is 4. The van der Waals surface area contributed by atoms with Crippen molar-refractivity contribution in [2.45, 2.75) is 33.1 Å². The topological polar surface area (TPSA) is 108 Å². The highest BCUT2D eigenvalue weighted by molar-refractivity contribution is 6.02. The summed E-state index contributed by atoms with van der Waals surface area (Å²) in [5, 5.41) is 16.0. The Labute approximate surface area is 210 Å². The molecule has 8 nitrogen and oxygen atoms in total. The highest BCUT2D eigenvalue weighted by Gasteiger charge is 2.26.